The van der Waals surface area contributed by atoms with E-state index in [1.165, 1.54) is 5.56 Å². The van der Waals surface area contributed by atoms with Gasteiger partial charge >= 0.3 is 0 Å². The first-order valence-electron chi connectivity index (χ1n) is 5.94. The Kier molecular flexibility index (Phi) is 3.92. The lowest BCUT2D eigenvalue weighted by atomic mass is 10.1. The van der Waals surface area contributed by atoms with Crippen molar-refractivity contribution in [1.82, 2.24) is 4.90 Å². The minimum Gasteiger partial charge on any atom is -0.394 e. The Labute approximate surface area is 108 Å². The molecule has 1 aromatic rings. The molecule has 1 aliphatic rings. The first-order valence-corrected chi connectivity index (χ1v) is 6.32. The van der Waals surface area contributed by atoms with Crippen molar-refractivity contribution in [1.29, 1.82) is 0 Å². The maximum absolute atomic E-state index is 9.50. The van der Waals surface area contributed by atoms with Gasteiger partial charge in [0.05, 0.1) is 12.6 Å². The summed E-state index contributed by atoms with van der Waals surface area (Å²) in [6, 6.07) is 6.09. The molecule has 1 fully saturated rings. The van der Waals surface area contributed by atoms with Crippen molar-refractivity contribution in [3.63, 3.8) is 0 Å². The van der Waals surface area contributed by atoms with Crippen LogP contribution in [0.4, 0.5) is 5.69 Å². The van der Waals surface area contributed by atoms with E-state index < -0.39 is 0 Å². The van der Waals surface area contributed by atoms with Gasteiger partial charge in [0.2, 0.25) is 0 Å². The van der Waals surface area contributed by atoms with Crippen molar-refractivity contribution >= 4 is 17.3 Å². The molecule has 0 aliphatic carbocycles. The molecule has 0 bridgehead atoms. The van der Waals surface area contributed by atoms with Gasteiger partial charge in [-0.25, -0.2) is 0 Å². The van der Waals surface area contributed by atoms with Crippen LogP contribution in [-0.2, 0) is 0 Å². The molecule has 0 radical (unpaired) electrons. The lowest BCUT2D eigenvalue weighted by Gasteiger charge is -2.41. The number of hydrogen-bond donors (Lipinski definition) is 1. The van der Waals surface area contributed by atoms with Gasteiger partial charge in [-0.2, -0.15) is 0 Å². The number of nitrogens with zero attached hydrogens (tertiary/aromatic N) is 2. The monoisotopic (exact) mass is 254 g/mol. The van der Waals surface area contributed by atoms with Crippen LogP contribution in [0.2, 0.25) is 5.02 Å². The number of benzene rings is 1. The van der Waals surface area contributed by atoms with E-state index in [9.17, 15) is 5.11 Å². The summed E-state index contributed by atoms with van der Waals surface area (Å²) in [5.41, 5.74) is 2.35. The Morgan fingerprint density at radius 3 is 2.88 bits per heavy atom. The van der Waals surface area contributed by atoms with Gasteiger partial charge in [0, 0.05) is 30.3 Å². The van der Waals surface area contributed by atoms with Crippen LogP contribution in [0.25, 0.3) is 0 Å². The second-order valence-corrected chi connectivity index (χ2v) is 5.16. The van der Waals surface area contributed by atoms with Gasteiger partial charge in [0.1, 0.15) is 0 Å². The third-order valence-electron chi connectivity index (χ3n) is 3.38. The molecule has 1 aromatic carbocycles. The Morgan fingerprint density at radius 1 is 1.41 bits per heavy atom. The van der Waals surface area contributed by atoms with Crippen LogP contribution < -0.4 is 4.90 Å². The number of hydrogen-bond acceptors (Lipinski definition) is 3. The second-order valence-electron chi connectivity index (χ2n) is 4.72. The Bertz CT molecular complexity index is 397. The van der Waals surface area contributed by atoms with E-state index in [4.69, 9.17) is 11.6 Å². The van der Waals surface area contributed by atoms with E-state index >= 15 is 0 Å². The van der Waals surface area contributed by atoms with Gasteiger partial charge < -0.3 is 14.9 Å². The minimum atomic E-state index is 0.158. The van der Waals surface area contributed by atoms with Crippen molar-refractivity contribution in [2.45, 2.75) is 13.0 Å². The topological polar surface area (TPSA) is 26.7 Å². The maximum atomic E-state index is 9.50. The van der Waals surface area contributed by atoms with Gasteiger partial charge in [-0.1, -0.05) is 17.7 Å². The molecule has 17 heavy (non-hydrogen) atoms. The Balaban J connectivity index is 2.28. The van der Waals surface area contributed by atoms with Crippen molar-refractivity contribution < 1.29 is 5.11 Å². The van der Waals surface area contributed by atoms with E-state index in [1.807, 2.05) is 18.2 Å². The molecular weight excluding hydrogens is 236 g/mol. The summed E-state index contributed by atoms with van der Waals surface area (Å²) < 4.78 is 0. The van der Waals surface area contributed by atoms with Gasteiger partial charge in [0.25, 0.3) is 0 Å². The number of anilines is 1. The third-order valence-corrected chi connectivity index (χ3v) is 3.61. The largest absolute Gasteiger partial charge is 0.394 e. The van der Waals surface area contributed by atoms with E-state index in [0.717, 1.165) is 30.3 Å². The number of piperazine rings is 1. The lowest BCUT2D eigenvalue weighted by molar-refractivity contribution is 0.191. The average molecular weight is 255 g/mol. The summed E-state index contributed by atoms with van der Waals surface area (Å²) >= 11 is 6.06. The summed E-state index contributed by atoms with van der Waals surface area (Å²) in [4.78, 5) is 4.51. The fraction of sp³-hybridized carbons (Fsp3) is 0.538. The predicted molar refractivity (Wildman–Crippen MR) is 71.9 cm³/mol. The molecule has 1 aliphatic heterocycles. The van der Waals surface area contributed by atoms with Crippen LogP contribution >= 0.6 is 11.6 Å². The molecule has 1 atom stereocenters. The van der Waals surface area contributed by atoms with Crippen LogP contribution in [0.1, 0.15) is 5.56 Å². The molecule has 1 unspecified atom stereocenters. The van der Waals surface area contributed by atoms with Crippen LogP contribution in [0, 0.1) is 6.92 Å². The number of halogens is 1. The molecule has 3 nitrogen and oxygen atoms in total. The normalized spacial score (nSPS) is 21.9. The first kappa shape index (κ1) is 12.7. The highest BCUT2D eigenvalue weighted by molar-refractivity contribution is 6.30. The fourth-order valence-corrected chi connectivity index (χ4v) is 2.54. The van der Waals surface area contributed by atoms with Crippen molar-refractivity contribution in [2.75, 3.05) is 38.2 Å². The fourth-order valence-electron chi connectivity index (χ4n) is 2.38. The summed E-state index contributed by atoms with van der Waals surface area (Å²) in [6.45, 7) is 5.10. The minimum absolute atomic E-state index is 0.158. The second kappa shape index (κ2) is 5.25. The molecule has 2 rings (SSSR count). The highest BCUT2D eigenvalue weighted by Crippen LogP contribution is 2.27. The smallest absolute Gasteiger partial charge is 0.0648 e. The van der Waals surface area contributed by atoms with Crippen LogP contribution in [0.3, 0.4) is 0 Å². The molecule has 0 saturated carbocycles. The zero-order valence-electron chi connectivity index (χ0n) is 10.4. The van der Waals surface area contributed by atoms with Crippen molar-refractivity contribution in [3.05, 3.63) is 28.8 Å². The number of aryl methyl sites for hydroxylation is 1. The van der Waals surface area contributed by atoms with E-state index in [1.54, 1.807) is 0 Å². The first-order chi connectivity index (χ1) is 8.11. The van der Waals surface area contributed by atoms with Gasteiger partial charge in [0.15, 0.2) is 0 Å². The Morgan fingerprint density at radius 2 is 2.18 bits per heavy atom. The molecule has 1 N–H and O–H groups in total. The van der Waals surface area contributed by atoms with E-state index in [-0.39, 0.29) is 12.6 Å². The van der Waals surface area contributed by atoms with Gasteiger partial charge in [-0.15, -0.1) is 0 Å². The highest BCUT2D eigenvalue weighted by Gasteiger charge is 2.25. The third kappa shape index (κ3) is 2.73. The number of likely N-dealkylation sites (N-methyl/N-ethyl adjacent to an activating group) is 1. The summed E-state index contributed by atoms with van der Waals surface area (Å²) in [5.74, 6) is 0. The quantitative estimate of drug-likeness (QED) is 0.871. The van der Waals surface area contributed by atoms with Crippen molar-refractivity contribution in [2.24, 2.45) is 0 Å². The maximum Gasteiger partial charge on any atom is 0.0648 e. The summed E-state index contributed by atoms with van der Waals surface area (Å²) in [7, 11) is 2.09. The summed E-state index contributed by atoms with van der Waals surface area (Å²) in [5, 5.41) is 10.3. The molecular formula is C13H19ClN2O. The molecule has 94 valence electrons. The summed E-state index contributed by atoms with van der Waals surface area (Å²) in [6.07, 6.45) is 0. The molecule has 1 heterocycles. The Hall–Kier alpha value is -0.770. The number of rotatable bonds is 2. The molecule has 0 aromatic heterocycles. The number of aliphatic hydroxyl groups is 1. The van der Waals surface area contributed by atoms with Crippen LogP contribution in [0.15, 0.2) is 18.2 Å². The highest BCUT2D eigenvalue weighted by atomic mass is 35.5. The zero-order chi connectivity index (χ0) is 12.4. The van der Waals surface area contributed by atoms with Crippen LogP contribution in [-0.4, -0.2) is 49.3 Å². The van der Waals surface area contributed by atoms with Gasteiger partial charge in [-0.05, 0) is 31.7 Å². The molecule has 1 saturated heterocycles. The SMILES string of the molecule is Cc1ccc(Cl)cc1N1CCN(C)CC1CO. The molecule has 0 spiro atoms. The predicted octanol–water partition coefficient (Wildman–Crippen LogP) is 1.76. The van der Waals surface area contributed by atoms with Crippen LogP contribution in [0.5, 0.6) is 0 Å². The molecule has 0 amide bonds. The molecule has 4 heteroatoms. The van der Waals surface area contributed by atoms with Gasteiger partial charge in [-0.3, -0.25) is 0 Å². The standard InChI is InChI=1S/C13H19ClN2O/c1-10-3-4-11(14)7-13(10)16-6-5-15(2)8-12(16)9-17/h3-4,7,12,17H,5-6,8-9H2,1-2H3. The zero-order valence-corrected chi connectivity index (χ0v) is 11.1. The average Bonchev–Trinajstić information content (AvgIpc) is 2.32. The van der Waals surface area contributed by atoms with E-state index in [0.29, 0.717) is 0 Å². The van der Waals surface area contributed by atoms with E-state index in [2.05, 4.69) is 23.8 Å². The number of aliphatic hydroxyl groups excluding tert-OH is 1. The lowest BCUT2D eigenvalue weighted by Crippen LogP contribution is -2.53. The van der Waals surface area contributed by atoms with Crippen molar-refractivity contribution in [3.8, 4) is 0 Å².